The second kappa shape index (κ2) is 5.89. The Morgan fingerprint density at radius 3 is 2.47 bits per heavy atom. The van der Waals surface area contributed by atoms with Gasteiger partial charge in [-0.2, -0.15) is 0 Å². The first-order valence-electron chi connectivity index (χ1n) is 5.71. The van der Waals surface area contributed by atoms with Gasteiger partial charge in [0.25, 0.3) is 0 Å². The standard InChI is InChI=1S/C13H21NO3/c1-9(8-15)14(3)11-6-5-7-12(17-4)13(11)10(2)16/h5-7,9-10,15-16H,8H2,1-4H3/t9?,10-/m0/s1. The molecule has 0 saturated carbocycles. The van der Waals surface area contributed by atoms with Crippen molar-refractivity contribution in [3.8, 4) is 5.75 Å². The number of likely N-dealkylation sites (N-methyl/N-ethyl adjacent to an activating group) is 1. The predicted octanol–water partition coefficient (Wildman–Crippen LogP) is 1.57. The maximum atomic E-state index is 9.85. The number of anilines is 1. The number of benzene rings is 1. The summed E-state index contributed by atoms with van der Waals surface area (Å²) in [5, 5.41) is 19.0. The molecule has 0 spiro atoms. The molecule has 2 N–H and O–H groups in total. The van der Waals surface area contributed by atoms with Crippen LogP contribution in [0.4, 0.5) is 5.69 Å². The van der Waals surface area contributed by atoms with Crippen molar-refractivity contribution in [1.82, 2.24) is 0 Å². The number of aliphatic hydroxyl groups excluding tert-OH is 2. The van der Waals surface area contributed by atoms with Crippen molar-refractivity contribution >= 4 is 5.69 Å². The SMILES string of the molecule is COc1cccc(N(C)C(C)CO)c1[C@H](C)O. The Morgan fingerprint density at radius 2 is 2.00 bits per heavy atom. The van der Waals surface area contributed by atoms with Gasteiger partial charge in [-0.15, -0.1) is 0 Å². The Balaban J connectivity index is 3.22. The summed E-state index contributed by atoms with van der Waals surface area (Å²) in [6, 6.07) is 5.60. The lowest BCUT2D eigenvalue weighted by Crippen LogP contribution is -2.32. The van der Waals surface area contributed by atoms with Crippen LogP contribution in [-0.2, 0) is 0 Å². The van der Waals surface area contributed by atoms with Gasteiger partial charge in [-0.05, 0) is 26.0 Å². The summed E-state index contributed by atoms with van der Waals surface area (Å²) in [4.78, 5) is 1.94. The highest BCUT2D eigenvalue weighted by atomic mass is 16.5. The summed E-state index contributed by atoms with van der Waals surface area (Å²) >= 11 is 0. The summed E-state index contributed by atoms with van der Waals surface area (Å²) in [6.45, 7) is 3.69. The first-order valence-corrected chi connectivity index (χ1v) is 5.71. The van der Waals surface area contributed by atoms with Crippen molar-refractivity contribution in [2.24, 2.45) is 0 Å². The molecule has 1 rings (SSSR count). The number of methoxy groups -OCH3 is 1. The highest BCUT2D eigenvalue weighted by molar-refractivity contribution is 5.60. The van der Waals surface area contributed by atoms with E-state index in [1.165, 1.54) is 0 Å². The zero-order chi connectivity index (χ0) is 13.0. The number of hydrogen-bond donors (Lipinski definition) is 2. The van der Waals surface area contributed by atoms with Crippen LogP contribution >= 0.6 is 0 Å². The minimum atomic E-state index is -0.616. The quantitative estimate of drug-likeness (QED) is 0.819. The van der Waals surface area contributed by atoms with E-state index in [0.29, 0.717) is 5.75 Å². The van der Waals surface area contributed by atoms with Crippen LogP contribution in [0.15, 0.2) is 18.2 Å². The van der Waals surface area contributed by atoms with Crippen LogP contribution in [-0.4, -0.2) is 37.0 Å². The Kier molecular flexibility index (Phi) is 4.78. The van der Waals surface area contributed by atoms with E-state index in [2.05, 4.69) is 0 Å². The Bertz CT molecular complexity index is 366. The molecule has 4 heteroatoms. The molecule has 1 unspecified atom stereocenters. The van der Waals surface area contributed by atoms with Gasteiger partial charge in [0, 0.05) is 24.3 Å². The van der Waals surface area contributed by atoms with Crippen LogP contribution in [0.2, 0.25) is 0 Å². The van der Waals surface area contributed by atoms with E-state index in [9.17, 15) is 10.2 Å². The second-order valence-electron chi connectivity index (χ2n) is 4.21. The smallest absolute Gasteiger partial charge is 0.126 e. The predicted molar refractivity (Wildman–Crippen MR) is 68.6 cm³/mol. The topological polar surface area (TPSA) is 52.9 Å². The molecule has 4 nitrogen and oxygen atoms in total. The van der Waals surface area contributed by atoms with E-state index in [-0.39, 0.29) is 12.6 Å². The fraction of sp³-hybridized carbons (Fsp3) is 0.538. The van der Waals surface area contributed by atoms with Crippen molar-refractivity contribution in [3.05, 3.63) is 23.8 Å². The largest absolute Gasteiger partial charge is 0.496 e. The van der Waals surface area contributed by atoms with E-state index in [0.717, 1.165) is 11.3 Å². The molecule has 0 radical (unpaired) electrons. The third kappa shape index (κ3) is 2.90. The number of ether oxygens (including phenoxy) is 1. The van der Waals surface area contributed by atoms with E-state index >= 15 is 0 Å². The third-order valence-corrected chi connectivity index (χ3v) is 2.99. The van der Waals surface area contributed by atoms with Gasteiger partial charge >= 0.3 is 0 Å². The molecule has 0 aliphatic carbocycles. The molecule has 0 fully saturated rings. The molecule has 0 saturated heterocycles. The molecular weight excluding hydrogens is 218 g/mol. The average molecular weight is 239 g/mol. The fourth-order valence-corrected chi connectivity index (χ4v) is 1.80. The van der Waals surface area contributed by atoms with Gasteiger partial charge in [-0.3, -0.25) is 0 Å². The normalized spacial score (nSPS) is 14.2. The molecule has 0 amide bonds. The Labute approximate surface area is 102 Å². The van der Waals surface area contributed by atoms with Crippen LogP contribution in [0.25, 0.3) is 0 Å². The minimum absolute atomic E-state index is 0.0143. The van der Waals surface area contributed by atoms with Crippen LogP contribution in [0.5, 0.6) is 5.75 Å². The maximum Gasteiger partial charge on any atom is 0.126 e. The fourth-order valence-electron chi connectivity index (χ4n) is 1.80. The van der Waals surface area contributed by atoms with Crippen LogP contribution in [0.1, 0.15) is 25.5 Å². The van der Waals surface area contributed by atoms with Crippen LogP contribution in [0, 0.1) is 0 Å². The van der Waals surface area contributed by atoms with Crippen LogP contribution in [0.3, 0.4) is 0 Å². The van der Waals surface area contributed by atoms with Crippen LogP contribution < -0.4 is 9.64 Å². The van der Waals surface area contributed by atoms with Crippen molar-refractivity contribution < 1.29 is 14.9 Å². The van der Waals surface area contributed by atoms with E-state index < -0.39 is 6.10 Å². The third-order valence-electron chi connectivity index (χ3n) is 2.99. The molecule has 0 aromatic heterocycles. The summed E-state index contributed by atoms with van der Waals surface area (Å²) in [6.07, 6.45) is -0.616. The summed E-state index contributed by atoms with van der Waals surface area (Å²) in [7, 11) is 3.47. The summed E-state index contributed by atoms with van der Waals surface area (Å²) in [5.74, 6) is 0.662. The van der Waals surface area contributed by atoms with Crippen molar-refractivity contribution in [2.45, 2.75) is 26.0 Å². The van der Waals surface area contributed by atoms with Crippen molar-refractivity contribution in [2.75, 3.05) is 25.7 Å². The zero-order valence-corrected chi connectivity index (χ0v) is 10.8. The number of hydrogen-bond acceptors (Lipinski definition) is 4. The maximum absolute atomic E-state index is 9.85. The average Bonchev–Trinajstić information content (AvgIpc) is 2.35. The lowest BCUT2D eigenvalue weighted by Gasteiger charge is -2.29. The van der Waals surface area contributed by atoms with Gasteiger partial charge in [-0.1, -0.05) is 6.07 Å². The molecule has 2 atom stereocenters. The first kappa shape index (κ1) is 13.8. The zero-order valence-electron chi connectivity index (χ0n) is 10.8. The minimum Gasteiger partial charge on any atom is -0.496 e. The lowest BCUT2D eigenvalue weighted by atomic mass is 10.0. The summed E-state index contributed by atoms with van der Waals surface area (Å²) < 4.78 is 5.26. The van der Waals surface area contributed by atoms with Gasteiger partial charge in [0.1, 0.15) is 5.75 Å². The Morgan fingerprint density at radius 1 is 1.35 bits per heavy atom. The molecule has 0 aliphatic rings. The van der Waals surface area contributed by atoms with Gasteiger partial charge in [-0.25, -0.2) is 0 Å². The van der Waals surface area contributed by atoms with E-state index in [1.54, 1.807) is 14.0 Å². The highest BCUT2D eigenvalue weighted by Crippen LogP contribution is 2.34. The molecule has 0 heterocycles. The van der Waals surface area contributed by atoms with Gasteiger partial charge in [0.15, 0.2) is 0 Å². The molecule has 1 aromatic carbocycles. The van der Waals surface area contributed by atoms with Crippen molar-refractivity contribution in [1.29, 1.82) is 0 Å². The highest BCUT2D eigenvalue weighted by Gasteiger charge is 2.19. The van der Waals surface area contributed by atoms with Gasteiger partial charge < -0.3 is 19.8 Å². The molecule has 0 aliphatic heterocycles. The number of nitrogens with zero attached hydrogens (tertiary/aromatic N) is 1. The van der Waals surface area contributed by atoms with E-state index in [1.807, 2.05) is 37.1 Å². The molecule has 17 heavy (non-hydrogen) atoms. The molecular formula is C13H21NO3. The molecule has 96 valence electrons. The van der Waals surface area contributed by atoms with Gasteiger partial charge in [0.05, 0.1) is 19.8 Å². The van der Waals surface area contributed by atoms with E-state index in [4.69, 9.17) is 4.74 Å². The summed E-state index contributed by atoms with van der Waals surface area (Å²) in [5.41, 5.74) is 1.62. The molecule has 1 aromatic rings. The second-order valence-corrected chi connectivity index (χ2v) is 4.21. The number of aliphatic hydroxyl groups is 2. The monoisotopic (exact) mass is 239 g/mol. The molecule has 0 bridgehead atoms. The first-order chi connectivity index (χ1) is 8.02. The van der Waals surface area contributed by atoms with Crippen molar-refractivity contribution in [3.63, 3.8) is 0 Å². The van der Waals surface area contributed by atoms with Gasteiger partial charge in [0.2, 0.25) is 0 Å². The number of rotatable bonds is 5. The lowest BCUT2D eigenvalue weighted by molar-refractivity contribution is 0.194. The Hall–Kier alpha value is -1.26.